The fourth-order valence-electron chi connectivity index (χ4n) is 4.10. The van der Waals surface area contributed by atoms with Crippen molar-refractivity contribution in [2.45, 2.75) is 50.5 Å². The maximum Gasteiger partial charge on any atom is 0.417 e. The highest BCUT2D eigenvalue weighted by Gasteiger charge is 2.22. The summed E-state index contributed by atoms with van der Waals surface area (Å²) in [6, 6.07) is 13.4. The van der Waals surface area contributed by atoms with Gasteiger partial charge in [-0.1, -0.05) is 18.2 Å². The molecule has 3 aromatic rings. The van der Waals surface area contributed by atoms with Gasteiger partial charge < -0.3 is 9.73 Å². The van der Waals surface area contributed by atoms with E-state index in [1.165, 1.54) is 23.3 Å². The van der Waals surface area contributed by atoms with Crippen LogP contribution in [0.1, 0.15) is 49.1 Å². The van der Waals surface area contributed by atoms with Gasteiger partial charge in [0.15, 0.2) is 5.58 Å². The highest BCUT2D eigenvalue weighted by atomic mass is 35.5. The maximum absolute atomic E-state index is 12.9. The van der Waals surface area contributed by atoms with Gasteiger partial charge in [-0.25, -0.2) is 9.18 Å². The standard InChI is InChI=1S/C22H25FN2O2.ClH/c23-18-8-3-15(4-9-18)2-1-13-24-19-10-5-16(6-11-19)17-7-12-20-21(14-17)27-22(26)25-20;/h3-4,7-9,12,14,16,19,24H,1-2,5-6,10-11,13H2,(H,25,26);1H. The lowest BCUT2D eigenvalue weighted by molar-refractivity contribution is 0.342. The first-order valence-corrected chi connectivity index (χ1v) is 9.78. The summed E-state index contributed by atoms with van der Waals surface area (Å²) in [7, 11) is 0. The van der Waals surface area contributed by atoms with E-state index in [0.29, 0.717) is 17.5 Å². The Hall–Kier alpha value is -2.11. The average molecular weight is 405 g/mol. The van der Waals surface area contributed by atoms with Gasteiger partial charge in [0.05, 0.1) is 5.52 Å². The minimum absolute atomic E-state index is 0. The van der Waals surface area contributed by atoms with E-state index in [1.807, 2.05) is 24.3 Å². The molecule has 1 aliphatic rings. The number of hydrogen-bond acceptors (Lipinski definition) is 3. The molecular formula is C22H26ClFN2O2. The average Bonchev–Trinajstić information content (AvgIpc) is 3.06. The van der Waals surface area contributed by atoms with Gasteiger partial charge in [-0.15, -0.1) is 12.4 Å². The number of nitrogens with one attached hydrogen (secondary N) is 2. The quantitative estimate of drug-likeness (QED) is 0.572. The molecule has 1 fully saturated rings. The first-order chi connectivity index (χ1) is 13.2. The van der Waals surface area contributed by atoms with Crippen LogP contribution in [0.3, 0.4) is 0 Å². The molecule has 0 aliphatic heterocycles. The topological polar surface area (TPSA) is 58.0 Å². The van der Waals surface area contributed by atoms with Crippen LogP contribution in [0, 0.1) is 5.82 Å². The van der Waals surface area contributed by atoms with E-state index in [4.69, 9.17) is 4.42 Å². The second-order valence-corrected chi connectivity index (χ2v) is 7.50. The molecular weight excluding hydrogens is 379 g/mol. The van der Waals surface area contributed by atoms with Crippen LogP contribution in [0.25, 0.3) is 11.1 Å². The van der Waals surface area contributed by atoms with Crippen LogP contribution < -0.4 is 11.1 Å². The molecule has 0 unspecified atom stereocenters. The first kappa shape index (κ1) is 20.6. The van der Waals surface area contributed by atoms with E-state index in [9.17, 15) is 9.18 Å². The lowest BCUT2D eigenvalue weighted by Crippen LogP contribution is -2.33. The molecule has 4 rings (SSSR count). The largest absolute Gasteiger partial charge is 0.417 e. The number of benzene rings is 2. The predicted octanol–water partition coefficient (Wildman–Crippen LogP) is 4.93. The molecule has 0 saturated heterocycles. The third-order valence-corrected chi connectivity index (χ3v) is 5.63. The van der Waals surface area contributed by atoms with Crippen LogP contribution >= 0.6 is 12.4 Å². The monoisotopic (exact) mass is 404 g/mol. The number of aromatic nitrogens is 1. The SMILES string of the molecule is Cl.O=c1[nH]c2ccc(C3CCC(NCCCc4ccc(F)cc4)CC3)cc2o1. The Morgan fingerprint density at radius 3 is 2.57 bits per heavy atom. The number of halogens is 2. The summed E-state index contributed by atoms with van der Waals surface area (Å²) in [5, 5.41) is 3.67. The summed E-state index contributed by atoms with van der Waals surface area (Å²) in [5.41, 5.74) is 3.87. The van der Waals surface area contributed by atoms with E-state index in [1.54, 1.807) is 0 Å². The normalized spacial score (nSPS) is 19.5. The van der Waals surface area contributed by atoms with E-state index in [-0.39, 0.29) is 18.2 Å². The van der Waals surface area contributed by atoms with Gasteiger partial charge in [0, 0.05) is 6.04 Å². The Kier molecular flexibility index (Phi) is 6.92. The molecule has 2 aromatic carbocycles. The van der Waals surface area contributed by atoms with Crippen molar-refractivity contribution in [3.63, 3.8) is 0 Å². The third-order valence-electron chi connectivity index (χ3n) is 5.63. The molecule has 1 aliphatic carbocycles. The van der Waals surface area contributed by atoms with Gasteiger partial charge in [0.1, 0.15) is 5.82 Å². The fraction of sp³-hybridized carbons (Fsp3) is 0.409. The van der Waals surface area contributed by atoms with Gasteiger partial charge in [-0.3, -0.25) is 4.98 Å². The molecule has 1 aromatic heterocycles. The van der Waals surface area contributed by atoms with Crippen LogP contribution in [-0.2, 0) is 6.42 Å². The number of fused-ring (bicyclic) bond motifs is 1. The van der Waals surface area contributed by atoms with Gasteiger partial charge in [0.2, 0.25) is 0 Å². The summed E-state index contributed by atoms with van der Waals surface area (Å²) in [6.07, 6.45) is 6.66. The molecule has 0 atom stereocenters. The van der Waals surface area contributed by atoms with Gasteiger partial charge in [-0.05, 0) is 86.4 Å². The molecule has 6 heteroatoms. The molecule has 0 bridgehead atoms. The van der Waals surface area contributed by atoms with Crippen molar-refractivity contribution in [2.75, 3.05) is 6.54 Å². The molecule has 4 nitrogen and oxygen atoms in total. The van der Waals surface area contributed by atoms with Crippen LogP contribution in [-0.4, -0.2) is 17.6 Å². The number of rotatable bonds is 6. The number of aryl methyl sites for hydroxylation is 1. The predicted molar refractivity (Wildman–Crippen MR) is 112 cm³/mol. The van der Waals surface area contributed by atoms with E-state index in [2.05, 4.69) is 16.4 Å². The molecule has 1 saturated carbocycles. The second kappa shape index (κ2) is 9.39. The zero-order chi connectivity index (χ0) is 18.6. The van der Waals surface area contributed by atoms with Gasteiger partial charge in [0.25, 0.3) is 0 Å². The van der Waals surface area contributed by atoms with Gasteiger partial charge >= 0.3 is 5.76 Å². The van der Waals surface area contributed by atoms with Crippen molar-refractivity contribution in [1.82, 2.24) is 10.3 Å². The summed E-state index contributed by atoms with van der Waals surface area (Å²) in [6.45, 7) is 0.993. The maximum atomic E-state index is 12.9. The smallest absolute Gasteiger partial charge is 0.408 e. The first-order valence-electron chi connectivity index (χ1n) is 9.78. The zero-order valence-electron chi connectivity index (χ0n) is 15.7. The Labute approximate surface area is 169 Å². The minimum Gasteiger partial charge on any atom is -0.408 e. The minimum atomic E-state index is -0.393. The summed E-state index contributed by atoms with van der Waals surface area (Å²) >= 11 is 0. The molecule has 0 spiro atoms. The van der Waals surface area contributed by atoms with Crippen molar-refractivity contribution in [1.29, 1.82) is 0 Å². The van der Waals surface area contributed by atoms with Crippen LogP contribution in [0.4, 0.5) is 4.39 Å². The van der Waals surface area contributed by atoms with E-state index < -0.39 is 5.76 Å². The highest BCUT2D eigenvalue weighted by Crippen LogP contribution is 2.33. The molecule has 0 amide bonds. The summed E-state index contributed by atoms with van der Waals surface area (Å²) in [5.74, 6) is -0.0333. The second-order valence-electron chi connectivity index (χ2n) is 7.50. The van der Waals surface area contributed by atoms with Crippen molar-refractivity contribution >= 4 is 23.5 Å². The summed E-state index contributed by atoms with van der Waals surface area (Å²) in [4.78, 5) is 14.0. The lowest BCUT2D eigenvalue weighted by Gasteiger charge is -2.29. The van der Waals surface area contributed by atoms with Crippen molar-refractivity contribution in [2.24, 2.45) is 0 Å². The molecule has 150 valence electrons. The zero-order valence-corrected chi connectivity index (χ0v) is 16.6. The van der Waals surface area contributed by atoms with Crippen LogP contribution in [0.2, 0.25) is 0 Å². The number of aromatic amines is 1. The third kappa shape index (κ3) is 5.03. The molecule has 28 heavy (non-hydrogen) atoms. The Morgan fingerprint density at radius 1 is 1.07 bits per heavy atom. The van der Waals surface area contributed by atoms with Crippen LogP contribution in [0.5, 0.6) is 0 Å². The molecule has 0 radical (unpaired) electrons. The summed E-state index contributed by atoms with van der Waals surface area (Å²) < 4.78 is 18.1. The number of H-pyrrole nitrogens is 1. The number of oxazole rings is 1. The Morgan fingerprint density at radius 2 is 1.82 bits per heavy atom. The lowest BCUT2D eigenvalue weighted by atomic mass is 9.81. The van der Waals surface area contributed by atoms with E-state index in [0.717, 1.165) is 50.6 Å². The van der Waals surface area contributed by atoms with Crippen molar-refractivity contribution in [3.05, 3.63) is 70.0 Å². The van der Waals surface area contributed by atoms with E-state index >= 15 is 0 Å². The fourth-order valence-corrected chi connectivity index (χ4v) is 4.10. The molecule has 2 N–H and O–H groups in total. The Bertz CT molecular complexity index is 943. The van der Waals surface area contributed by atoms with Crippen molar-refractivity contribution < 1.29 is 8.81 Å². The van der Waals surface area contributed by atoms with Crippen molar-refractivity contribution in [3.8, 4) is 0 Å². The van der Waals surface area contributed by atoms with Crippen LogP contribution in [0.15, 0.2) is 51.7 Å². The molecule has 1 heterocycles. The highest BCUT2D eigenvalue weighted by molar-refractivity contribution is 5.85. The van der Waals surface area contributed by atoms with Gasteiger partial charge in [-0.2, -0.15) is 0 Å². The Balaban J connectivity index is 0.00000225. The number of hydrogen-bond donors (Lipinski definition) is 2.